The van der Waals surface area contributed by atoms with E-state index in [1.165, 1.54) is 12.1 Å². The molecule has 4 unspecified atom stereocenters. The van der Waals surface area contributed by atoms with Crippen molar-refractivity contribution in [3.63, 3.8) is 0 Å². The van der Waals surface area contributed by atoms with Gasteiger partial charge in [-0.25, -0.2) is 8.78 Å². The number of halogens is 2. The SMILES string of the molecule is CNC(c1cc(F)ccc1F)C1CC2CCC1O2. The molecule has 3 rings (SSSR count). The van der Waals surface area contributed by atoms with Crippen LogP contribution in [0.3, 0.4) is 0 Å². The van der Waals surface area contributed by atoms with E-state index in [-0.39, 0.29) is 23.9 Å². The average Bonchev–Trinajstić information content (AvgIpc) is 2.97. The van der Waals surface area contributed by atoms with Crippen molar-refractivity contribution in [2.45, 2.75) is 37.5 Å². The minimum absolute atomic E-state index is 0.170. The van der Waals surface area contributed by atoms with E-state index >= 15 is 0 Å². The zero-order valence-corrected chi connectivity index (χ0v) is 10.3. The standard InChI is InChI=1S/C14H17F2NO/c1-17-14(10-6-8(15)2-4-12(10)16)11-7-9-3-5-13(11)18-9/h2,4,6,9,11,13-14,17H,3,5,7H2,1H3. The van der Waals surface area contributed by atoms with Crippen LogP contribution in [-0.4, -0.2) is 19.3 Å². The lowest BCUT2D eigenvalue weighted by Crippen LogP contribution is -2.32. The smallest absolute Gasteiger partial charge is 0.128 e. The lowest BCUT2D eigenvalue weighted by molar-refractivity contribution is 0.0860. The van der Waals surface area contributed by atoms with Crippen molar-refractivity contribution in [3.05, 3.63) is 35.4 Å². The number of nitrogens with one attached hydrogen (secondary N) is 1. The second-order valence-electron chi connectivity index (χ2n) is 5.21. The second kappa shape index (κ2) is 4.59. The molecule has 1 N–H and O–H groups in total. The molecule has 1 aromatic rings. The maximum Gasteiger partial charge on any atom is 0.128 e. The average molecular weight is 253 g/mol. The van der Waals surface area contributed by atoms with Crippen LogP contribution in [0.2, 0.25) is 0 Å². The highest BCUT2D eigenvalue weighted by molar-refractivity contribution is 5.24. The molecule has 2 fully saturated rings. The molecule has 0 aromatic heterocycles. The molecule has 0 saturated carbocycles. The topological polar surface area (TPSA) is 21.3 Å². The minimum Gasteiger partial charge on any atom is -0.375 e. The van der Waals surface area contributed by atoms with Crippen LogP contribution in [0, 0.1) is 17.6 Å². The normalized spacial score (nSPS) is 31.8. The van der Waals surface area contributed by atoms with Gasteiger partial charge in [-0.3, -0.25) is 0 Å². The number of hydrogen-bond donors (Lipinski definition) is 1. The highest BCUT2D eigenvalue weighted by Gasteiger charge is 2.44. The van der Waals surface area contributed by atoms with Gasteiger partial charge in [-0.2, -0.15) is 0 Å². The zero-order chi connectivity index (χ0) is 12.7. The molecule has 2 aliphatic rings. The molecule has 2 nitrogen and oxygen atoms in total. The third kappa shape index (κ3) is 1.93. The molecule has 2 aliphatic heterocycles. The Hall–Kier alpha value is -1.00. The Morgan fingerprint density at radius 2 is 2.17 bits per heavy atom. The first-order valence-electron chi connectivity index (χ1n) is 6.46. The predicted molar refractivity (Wildman–Crippen MR) is 64.2 cm³/mol. The lowest BCUT2D eigenvalue weighted by atomic mass is 9.81. The predicted octanol–water partition coefficient (Wildman–Crippen LogP) is 2.79. The van der Waals surface area contributed by atoms with Gasteiger partial charge in [0.25, 0.3) is 0 Å². The highest BCUT2D eigenvalue weighted by atomic mass is 19.1. The van der Waals surface area contributed by atoms with Crippen LogP contribution in [0.15, 0.2) is 18.2 Å². The summed E-state index contributed by atoms with van der Waals surface area (Å²) in [5.41, 5.74) is 0.415. The molecule has 2 saturated heterocycles. The fourth-order valence-corrected chi connectivity index (χ4v) is 3.38. The lowest BCUT2D eigenvalue weighted by Gasteiger charge is -2.28. The van der Waals surface area contributed by atoms with Gasteiger partial charge in [-0.15, -0.1) is 0 Å². The molecule has 18 heavy (non-hydrogen) atoms. The van der Waals surface area contributed by atoms with E-state index in [1.54, 1.807) is 7.05 Å². The van der Waals surface area contributed by atoms with Crippen molar-refractivity contribution >= 4 is 0 Å². The van der Waals surface area contributed by atoms with Gasteiger partial charge in [0.15, 0.2) is 0 Å². The molecule has 4 heteroatoms. The number of rotatable bonds is 3. The molecule has 2 heterocycles. The van der Waals surface area contributed by atoms with Crippen LogP contribution in [0.1, 0.15) is 30.9 Å². The van der Waals surface area contributed by atoms with Crippen LogP contribution < -0.4 is 5.32 Å². The molecular weight excluding hydrogens is 236 g/mol. The van der Waals surface area contributed by atoms with Gasteiger partial charge in [-0.1, -0.05) is 0 Å². The van der Waals surface area contributed by atoms with Gasteiger partial charge in [0, 0.05) is 17.5 Å². The summed E-state index contributed by atoms with van der Waals surface area (Å²) >= 11 is 0. The van der Waals surface area contributed by atoms with Crippen molar-refractivity contribution in [1.82, 2.24) is 5.32 Å². The van der Waals surface area contributed by atoms with E-state index < -0.39 is 5.82 Å². The molecule has 2 bridgehead atoms. The van der Waals surface area contributed by atoms with Crippen molar-refractivity contribution < 1.29 is 13.5 Å². The van der Waals surface area contributed by atoms with Crippen molar-refractivity contribution in [1.29, 1.82) is 0 Å². The molecule has 4 atom stereocenters. The Morgan fingerprint density at radius 1 is 1.33 bits per heavy atom. The Morgan fingerprint density at radius 3 is 2.78 bits per heavy atom. The molecular formula is C14H17F2NO. The number of hydrogen-bond acceptors (Lipinski definition) is 2. The van der Waals surface area contributed by atoms with Crippen LogP contribution >= 0.6 is 0 Å². The van der Waals surface area contributed by atoms with Crippen molar-refractivity contribution in [2.75, 3.05) is 7.05 Å². The van der Waals surface area contributed by atoms with Crippen LogP contribution in [0.4, 0.5) is 8.78 Å². The Kier molecular flexibility index (Phi) is 3.08. The summed E-state index contributed by atoms with van der Waals surface area (Å²) in [6, 6.07) is 3.48. The third-order valence-corrected chi connectivity index (χ3v) is 4.19. The summed E-state index contributed by atoms with van der Waals surface area (Å²) < 4.78 is 33.0. The summed E-state index contributed by atoms with van der Waals surface area (Å²) in [6.45, 7) is 0. The Balaban J connectivity index is 1.90. The first kappa shape index (κ1) is 12.1. The maximum atomic E-state index is 13.9. The van der Waals surface area contributed by atoms with E-state index in [0.717, 1.165) is 25.3 Å². The van der Waals surface area contributed by atoms with Crippen LogP contribution in [-0.2, 0) is 4.74 Å². The van der Waals surface area contributed by atoms with Crippen LogP contribution in [0.5, 0.6) is 0 Å². The summed E-state index contributed by atoms with van der Waals surface area (Å²) in [5, 5.41) is 3.13. The van der Waals surface area contributed by atoms with E-state index in [0.29, 0.717) is 11.7 Å². The van der Waals surface area contributed by atoms with Crippen molar-refractivity contribution in [2.24, 2.45) is 5.92 Å². The van der Waals surface area contributed by atoms with Gasteiger partial charge in [-0.05, 0) is 44.5 Å². The fraction of sp³-hybridized carbons (Fsp3) is 0.571. The number of benzene rings is 1. The van der Waals surface area contributed by atoms with Crippen molar-refractivity contribution in [3.8, 4) is 0 Å². The third-order valence-electron chi connectivity index (χ3n) is 4.19. The molecule has 0 radical (unpaired) electrons. The fourth-order valence-electron chi connectivity index (χ4n) is 3.38. The first-order chi connectivity index (χ1) is 8.69. The molecule has 0 amide bonds. The second-order valence-corrected chi connectivity index (χ2v) is 5.21. The van der Waals surface area contributed by atoms with Gasteiger partial charge in [0.1, 0.15) is 11.6 Å². The summed E-state index contributed by atoms with van der Waals surface area (Å²) in [4.78, 5) is 0. The maximum absolute atomic E-state index is 13.9. The monoisotopic (exact) mass is 253 g/mol. The first-order valence-corrected chi connectivity index (χ1v) is 6.46. The highest BCUT2D eigenvalue weighted by Crippen LogP contribution is 2.44. The summed E-state index contributed by atoms with van der Waals surface area (Å²) in [7, 11) is 1.79. The largest absolute Gasteiger partial charge is 0.375 e. The van der Waals surface area contributed by atoms with Gasteiger partial charge >= 0.3 is 0 Å². The number of fused-ring (bicyclic) bond motifs is 2. The van der Waals surface area contributed by atoms with E-state index in [4.69, 9.17) is 4.74 Å². The summed E-state index contributed by atoms with van der Waals surface area (Å²) in [6.07, 6.45) is 3.57. The minimum atomic E-state index is -0.393. The van der Waals surface area contributed by atoms with E-state index in [2.05, 4.69) is 5.32 Å². The van der Waals surface area contributed by atoms with E-state index in [9.17, 15) is 8.78 Å². The van der Waals surface area contributed by atoms with Gasteiger partial charge in [0.2, 0.25) is 0 Å². The Labute approximate surface area is 105 Å². The molecule has 0 aliphatic carbocycles. The zero-order valence-electron chi connectivity index (χ0n) is 10.3. The summed E-state index contributed by atoms with van der Waals surface area (Å²) in [5.74, 6) is -0.501. The van der Waals surface area contributed by atoms with E-state index in [1.807, 2.05) is 0 Å². The van der Waals surface area contributed by atoms with Gasteiger partial charge < -0.3 is 10.1 Å². The molecule has 0 spiro atoms. The molecule has 98 valence electrons. The van der Waals surface area contributed by atoms with Gasteiger partial charge in [0.05, 0.1) is 12.2 Å². The quantitative estimate of drug-likeness (QED) is 0.894. The number of ether oxygens (including phenoxy) is 1. The van der Waals surface area contributed by atoms with Crippen LogP contribution in [0.25, 0.3) is 0 Å². The Bertz CT molecular complexity index is 451. The molecule has 1 aromatic carbocycles.